The zero-order valence-corrected chi connectivity index (χ0v) is 14.4. The Morgan fingerprint density at radius 2 is 2.00 bits per heavy atom. The van der Waals surface area contributed by atoms with Crippen molar-refractivity contribution in [1.82, 2.24) is 9.80 Å². The number of hydrogen-bond donors (Lipinski definition) is 1. The summed E-state index contributed by atoms with van der Waals surface area (Å²) in [5.74, 6) is 1.81. The van der Waals surface area contributed by atoms with E-state index < -0.39 is 0 Å². The van der Waals surface area contributed by atoms with Crippen molar-refractivity contribution >= 4 is 0 Å². The van der Waals surface area contributed by atoms with Gasteiger partial charge in [-0.05, 0) is 83.6 Å². The first-order chi connectivity index (χ1) is 10.2. The molecule has 0 saturated carbocycles. The lowest BCUT2D eigenvalue weighted by Crippen LogP contribution is -2.52. The van der Waals surface area contributed by atoms with Crippen molar-refractivity contribution in [3.8, 4) is 0 Å². The molecular weight excluding hydrogens is 258 g/mol. The van der Waals surface area contributed by atoms with Crippen molar-refractivity contribution in [2.75, 3.05) is 39.8 Å². The minimum atomic E-state index is 0.866. The van der Waals surface area contributed by atoms with Crippen LogP contribution in [0.25, 0.3) is 0 Å². The Hall–Kier alpha value is -0.120. The van der Waals surface area contributed by atoms with Gasteiger partial charge in [0, 0.05) is 12.6 Å². The Labute approximate surface area is 132 Å². The van der Waals surface area contributed by atoms with E-state index in [2.05, 4.69) is 23.8 Å². The van der Waals surface area contributed by atoms with Crippen molar-refractivity contribution in [2.45, 2.75) is 64.3 Å². The quantitative estimate of drug-likeness (QED) is 0.747. The van der Waals surface area contributed by atoms with E-state index in [1.165, 1.54) is 77.5 Å². The fourth-order valence-electron chi connectivity index (χ4n) is 4.61. The highest BCUT2D eigenvalue weighted by Gasteiger charge is 2.33. The first-order valence-electron chi connectivity index (χ1n) is 9.37. The molecule has 2 aliphatic rings. The van der Waals surface area contributed by atoms with Gasteiger partial charge in [-0.1, -0.05) is 19.8 Å². The molecule has 21 heavy (non-hydrogen) atoms. The molecule has 2 N–H and O–H groups in total. The molecule has 0 amide bonds. The number of likely N-dealkylation sites (tertiary alicyclic amines) is 2. The number of piperidine rings is 2. The summed E-state index contributed by atoms with van der Waals surface area (Å²) < 4.78 is 0. The van der Waals surface area contributed by atoms with E-state index in [0.717, 1.165) is 24.4 Å². The Kier molecular flexibility index (Phi) is 7.48. The maximum atomic E-state index is 5.75. The van der Waals surface area contributed by atoms with Gasteiger partial charge in [0.25, 0.3) is 0 Å². The van der Waals surface area contributed by atoms with E-state index >= 15 is 0 Å². The highest BCUT2D eigenvalue weighted by molar-refractivity contribution is 4.89. The molecule has 124 valence electrons. The summed E-state index contributed by atoms with van der Waals surface area (Å²) in [5.41, 5.74) is 5.75. The van der Waals surface area contributed by atoms with Crippen LogP contribution in [0.3, 0.4) is 0 Å². The minimum Gasteiger partial charge on any atom is -0.330 e. The predicted molar refractivity (Wildman–Crippen MR) is 91.5 cm³/mol. The normalized spacial score (nSPS) is 29.3. The molecule has 0 spiro atoms. The highest BCUT2D eigenvalue weighted by Crippen LogP contribution is 2.29. The third-order valence-corrected chi connectivity index (χ3v) is 5.79. The third kappa shape index (κ3) is 5.22. The lowest BCUT2D eigenvalue weighted by atomic mass is 9.84. The molecule has 0 aliphatic carbocycles. The van der Waals surface area contributed by atoms with Gasteiger partial charge in [0.1, 0.15) is 0 Å². The Balaban J connectivity index is 1.67. The van der Waals surface area contributed by atoms with Crippen LogP contribution in [-0.4, -0.2) is 55.6 Å². The van der Waals surface area contributed by atoms with Crippen LogP contribution in [0.1, 0.15) is 58.3 Å². The van der Waals surface area contributed by atoms with Crippen molar-refractivity contribution in [2.24, 2.45) is 17.6 Å². The molecule has 3 atom stereocenters. The second kappa shape index (κ2) is 9.12. The smallest absolute Gasteiger partial charge is 0.0145 e. The topological polar surface area (TPSA) is 32.5 Å². The van der Waals surface area contributed by atoms with Crippen molar-refractivity contribution in [3.63, 3.8) is 0 Å². The molecule has 0 aromatic heterocycles. The van der Waals surface area contributed by atoms with Crippen LogP contribution in [0, 0.1) is 11.8 Å². The van der Waals surface area contributed by atoms with Crippen LogP contribution in [0.15, 0.2) is 0 Å². The molecule has 0 bridgehead atoms. The summed E-state index contributed by atoms with van der Waals surface area (Å²) in [5, 5.41) is 0. The number of rotatable bonds is 8. The molecule has 0 aromatic rings. The maximum absolute atomic E-state index is 5.75. The summed E-state index contributed by atoms with van der Waals surface area (Å²) >= 11 is 0. The van der Waals surface area contributed by atoms with Gasteiger partial charge in [-0.15, -0.1) is 0 Å². The minimum absolute atomic E-state index is 0.866. The second-order valence-corrected chi connectivity index (χ2v) is 7.41. The molecule has 0 aromatic carbocycles. The van der Waals surface area contributed by atoms with Crippen LogP contribution < -0.4 is 5.73 Å². The van der Waals surface area contributed by atoms with Gasteiger partial charge < -0.3 is 15.5 Å². The van der Waals surface area contributed by atoms with Gasteiger partial charge in [-0.25, -0.2) is 0 Å². The van der Waals surface area contributed by atoms with Crippen LogP contribution in [0.5, 0.6) is 0 Å². The molecule has 2 aliphatic heterocycles. The Bertz CT molecular complexity index is 276. The molecule has 3 unspecified atom stereocenters. The zero-order valence-electron chi connectivity index (χ0n) is 14.4. The van der Waals surface area contributed by atoms with Crippen molar-refractivity contribution < 1.29 is 0 Å². The molecule has 2 saturated heterocycles. The molecule has 2 heterocycles. The predicted octanol–water partition coefficient (Wildman–Crippen LogP) is 2.95. The van der Waals surface area contributed by atoms with Crippen LogP contribution in [0.2, 0.25) is 0 Å². The van der Waals surface area contributed by atoms with Crippen molar-refractivity contribution in [1.29, 1.82) is 0 Å². The summed E-state index contributed by atoms with van der Waals surface area (Å²) in [6.07, 6.45) is 10.9. The van der Waals surface area contributed by atoms with E-state index in [1.807, 2.05) is 0 Å². The van der Waals surface area contributed by atoms with Crippen LogP contribution in [0.4, 0.5) is 0 Å². The third-order valence-electron chi connectivity index (χ3n) is 5.79. The van der Waals surface area contributed by atoms with Crippen LogP contribution >= 0.6 is 0 Å². The molecule has 0 radical (unpaired) electrons. The lowest BCUT2D eigenvalue weighted by molar-refractivity contribution is 0.0375. The fraction of sp³-hybridized carbons (Fsp3) is 1.00. The van der Waals surface area contributed by atoms with Gasteiger partial charge in [0.15, 0.2) is 0 Å². The summed E-state index contributed by atoms with van der Waals surface area (Å²) in [7, 11) is 2.33. The monoisotopic (exact) mass is 295 g/mol. The largest absolute Gasteiger partial charge is 0.330 e. The molecular formula is C18H37N3. The lowest BCUT2D eigenvalue weighted by Gasteiger charge is -2.46. The van der Waals surface area contributed by atoms with Gasteiger partial charge in [0.05, 0.1) is 0 Å². The SMILES string of the molecule is CCCC(CCN)CCCN1CCC2C(CCCN2C)C1. The van der Waals surface area contributed by atoms with Crippen LogP contribution in [-0.2, 0) is 0 Å². The van der Waals surface area contributed by atoms with E-state index in [9.17, 15) is 0 Å². The van der Waals surface area contributed by atoms with E-state index in [1.54, 1.807) is 0 Å². The number of fused-ring (bicyclic) bond motifs is 1. The Morgan fingerprint density at radius 1 is 1.14 bits per heavy atom. The molecule has 3 heteroatoms. The summed E-state index contributed by atoms with van der Waals surface area (Å²) in [6.45, 7) is 8.47. The zero-order chi connectivity index (χ0) is 15.1. The average Bonchev–Trinajstić information content (AvgIpc) is 2.48. The van der Waals surface area contributed by atoms with Gasteiger partial charge in [-0.2, -0.15) is 0 Å². The Morgan fingerprint density at radius 3 is 2.76 bits per heavy atom. The summed E-state index contributed by atoms with van der Waals surface area (Å²) in [6, 6.07) is 0.875. The fourth-order valence-corrected chi connectivity index (χ4v) is 4.61. The number of nitrogens with two attached hydrogens (primary N) is 1. The first kappa shape index (κ1) is 17.2. The number of hydrogen-bond acceptors (Lipinski definition) is 3. The van der Waals surface area contributed by atoms with Crippen molar-refractivity contribution in [3.05, 3.63) is 0 Å². The van der Waals surface area contributed by atoms with Gasteiger partial charge >= 0.3 is 0 Å². The van der Waals surface area contributed by atoms with E-state index in [-0.39, 0.29) is 0 Å². The standard InChI is InChI=1S/C18H37N3/c1-3-6-16(9-11-19)7-4-13-21-14-10-18-17(15-21)8-5-12-20(18)2/h16-18H,3-15,19H2,1-2H3. The van der Waals surface area contributed by atoms with Gasteiger partial charge in [-0.3, -0.25) is 0 Å². The number of nitrogens with zero attached hydrogens (tertiary/aromatic N) is 2. The maximum Gasteiger partial charge on any atom is 0.0145 e. The first-order valence-corrected chi connectivity index (χ1v) is 9.37. The van der Waals surface area contributed by atoms with E-state index in [4.69, 9.17) is 5.73 Å². The van der Waals surface area contributed by atoms with E-state index in [0.29, 0.717) is 0 Å². The molecule has 3 nitrogen and oxygen atoms in total. The average molecular weight is 296 g/mol. The molecule has 2 rings (SSSR count). The second-order valence-electron chi connectivity index (χ2n) is 7.41. The van der Waals surface area contributed by atoms with Gasteiger partial charge in [0.2, 0.25) is 0 Å². The molecule has 2 fully saturated rings. The highest BCUT2D eigenvalue weighted by atomic mass is 15.2. The summed E-state index contributed by atoms with van der Waals surface area (Å²) in [4.78, 5) is 5.36.